The molecule has 114 valence electrons. The molecule has 0 amide bonds. The van der Waals surface area contributed by atoms with Crippen molar-refractivity contribution in [2.24, 2.45) is 0 Å². The van der Waals surface area contributed by atoms with Gasteiger partial charge in [-0.3, -0.25) is 9.59 Å². The summed E-state index contributed by atoms with van der Waals surface area (Å²) in [5, 5.41) is 9.36. The standard InChI is InChI=1S/C17H16O5/c1-4-12(10-5-7-11(18)8-6-10)13-9-14(19)16(21-2)17(22-3)15(13)20/h4-9,12,18H,1H2,2-3H3/t12-/m0/s1. The van der Waals surface area contributed by atoms with Crippen molar-refractivity contribution in [1.29, 1.82) is 0 Å². The van der Waals surface area contributed by atoms with E-state index in [0.29, 0.717) is 0 Å². The highest BCUT2D eigenvalue weighted by Gasteiger charge is 2.34. The summed E-state index contributed by atoms with van der Waals surface area (Å²) in [5.41, 5.74) is 0.986. The van der Waals surface area contributed by atoms with Crippen LogP contribution in [0.25, 0.3) is 0 Å². The average molecular weight is 300 g/mol. The monoisotopic (exact) mass is 300 g/mol. The van der Waals surface area contributed by atoms with Crippen molar-refractivity contribution >= 4 is 11.6 Å². The lowest BCUT2D eigenvalue weighted by atomic mass is 9.84. The molecule has 0 aliphatic heterocycles. The van der Waals surface area contributed by atoms with Crippen LogP contribution in [-0.4, -0.2) is 30.9 Å². The van der Waals surface area contributed by atoms with Crippen molar-refractivity contribution in [2.75, 3.05) is 14.2 Å². The maximum atomic E-state index is 12.5. The lowest BCUT2D eigenvalue weighted by Crippen LogP contribution is -2.24. The summed E-state index contributed by atoms with van der Waals surface area (Å²) in [6.45, 7) is 3.73. The van der Waals surface area contributed by atoms with Gasteiger partial charge < -0.3 is 14.6 Å². The van der Waals surface area contributed by atoms with Crippen LogP contribution in [0.2, 0.25) is 0 Å². The van der Waals surface area contributed by atoms with Gasteiger partial charge in [-0.05, 0) is 23.8 Å². The van der Waals surface area contributed by atoms with Crippen LogP contribution < -0.4 is 0 Å². The fraction of sp³-hybridized carbons (Fsp3) is 0.176. The zero-order valence-corrected chi connectivity index (χ0v) is 12.3. The molecule has 1 aromatic rings. The third-order valence-corrected chi connectivity index (χ3v) is 3.42. The van der Waals surface area contributed by atoms with E-state index < -0.39 is 17.5 Å². The molecule has 0 saturated heterocycles. The third-order valence-electron chi connectivity index (χ3n) is 3.42. The number of rotatable bonds is 5. The molecule has 1 aliphatic rings. The molecule has 1 N–H and O–H groups in total. The van der Waals surface area contributed by atoms with Gasteiger partial charge in [-0.2, -0.15) is 0 Å². The summed E-state index contributed by atoms with van der Waals surface area (Å²) in [6.07, 6.45) is 2.80. The van der Waals surface area contributed by atoms with E-state index in [9.17, 15) is 14.7 Å². The van der Waals surface area contributed by atoms with Crippen LogP contribution in [0.15, 0.2) is 60.1 Å². The van der Waals surface area contributed by atoms with Gasteiger partial charge in [-0.15, -0.1) is 6.58 Å². The van der Waals surface area contributed by atoms with Gasteiger partial charge in [-0.25, -0.2) is 0 Å². The number of hydrogen-bond donors (Lipinski definition) is 1. The van der Waals surface area contributed by atoms with Crippen LogP contribution in [0.3, 0.4) is 0 Å². The Morgan fingerprint density at radius 3 is 2.18 bits per heavy atom. The van der Waals surface area contributed by atoms with E-state index in [0.717, 1.165) is 5.56 Å². The molecule has 0 aromatic heterocycles. The van der Waals surface area contributed by atoms with E-state index >= 15 is 0 Å². The van der Waals surface area contributed by atoms with E-state index in [2.05, 4.69) is 6.58 Å². The summed E-state index contributed by atoms with van der Waals surface area (Å²) in [7, 11) is 2.62. The molecule has 1 aromatic carbocycles. The second-order valence-electron chi connectivity index (χ2n) is 4.66. The van der Waals surface area contributed by atoms with Crippen molar-refractivity contribution in [3.8, 4) is 5.75 Å². The Bertz CT molecular complexity index is 680. The predicted molar refractivity (Wildman–Crippen MR) is 80.2 cm³/mol. The van der Waals surface area contributed by atoms with E-state index in [4.69, 9.17) is 9.47 Å². The summed E-state index contributed by atoms with van der Waals surface area (Å²) in [6, 6.07) is 6.36. The number of benzene rings is 1. The van der Waals surface area contributed by atoms with E-state index in [-0.39, 0.29) is 22.8 Å². The number of phenols is 1. The quantitative estimate of drug-likeness (QED) is 0.667. The van der Waals surface area contributed by atoms with Crippen LogP contribution in [0.1, 0.15) is 11.5 Å². The topological polar surface area (TPSA) is 72.8 Å². The minimum Gasteiger partial charge on any atom is -0.508 e. The Morgan fingerprint density at radius 2 is 1.68 bits per heavy atom. The Hall–Kier alpha value is -2.82. The summed E-state index contributed by atoms with van der Waals surface area (Å²) in [5.74, 6) is -1.44. The second-order valence-corrected chi connectivity index (χ2v) is 4.66. The number of ketones is 2. The van der Waals surface area contributed by atoms with Gasteiger partial charge in [0.05, 0.1) is 14.2 Å². The van der Waals surface area contributed by atoms with Gasteiger partial charge in [0.15, 0.2) is 0 Å². The smallest absolute Gasteiger partial charge is 0.228 e. The first kappa shape index (κ1) is 15.6. The number of carbonyl (C=O) groups is 2. The molecule has 5 nitrogen and oxygen atoms in total. The molecule has 22 heavy (non-hydrogen) atoms. The number of Topliss-reactive ketones (excluding diaryl/α,β-unsaturated/α-hetero) is 1. The third kappa shape index (κ3) is 2.65. The van der Waals surface area contributed by atoms with Crippen molar-refractivity contribution in [1.82, 2.24) is 0 Å². The zero-order chi connectivity index (χ0) is 16.3. The highest BCUT2D eigenvalue weighted by molar-refractivity contribution is 6.21. The maximum absolute atomic E-state index is 12.5. The van der Waals surface area contributed by atoms with Gasteiger partial charge in [0, 0.05) is 11.5 Å². The van der Waals surface area contributed by atoms with Crippen molar-refractivity contribution < 1.29 is 24.2 Å². The van der Waals surface area contributed by atoms with E-state index in [1.165, 1.54) is 32.4 Å². The first-order valence-corrected chi connectivity index (χ1v) is 6.57. The molecular weight excluding hydrogens is 284 g/mol. The first-order chi connectivity index (χ1) is 10.5. The number of allylic oxidation sites excluding steroid dienone is 3. The molecule has 0 saturated carbocycles. The Balaban J connectivity index is 2.47. The lowest BCUT2D eigenvalue weighted by molar-refractivity contribution is -0.120. The van der Waals surface area contributed by atoms with Gasteiger partial charge in [0.1, 0.15) is 5.75 Å². The van der Waals surface area contributed by atoms with Crippen molar-refractivity contribution in [3.05, 3.63) is 65.7 Å². The molecule has 1 atom stereocenters. The molecule has 0 spiro atoms. The highest BCUT2D eigenvalue weighted by atomic mass is 16.5. The maximum Gasteiger partial charge on any atom is 0.228 e. The normalized spacial score (nSPS) is 16.2. The molecule has 0 unspecified atom stereocenters. The Labute approximate surface area is 128 Å². The summed E-state index contributed by atoms with van der Waals surface area (Å²) < 4.78 is 9.97. The van der Waals surface area contributed by atoms with E-state index in [1.807, 2.05) is 0 Å². The number of hydrogen-bond acceptors (Lipinski definition) is 5. The van der Waals surface area contributed by atoms with Crippen LogP contribution in [0.4, 0.5) is 0 Å². The first-order valence-electron chi connectivity index (χ1n) is 6.57. The lowest BCUT2D eigenvalue weighted by Gasteiger charge is -2.21. The van der Waals surface area contributed by atoms with E-state index in [1.54, 1.807) is 18.2 Å². The second kappa shape index (κ2) is 6.30. The minimum atomic E-state index is -0.486. The van der Waals surface area contributed by atoms with Crippen molar-refractivity contribution in [2.45, 2.75) is 5.92 Å². The molecular formula is C17H16O5. The van der Waals surface area contributed by atoms with Crippen molar-refractivity contribution in [3.63, 3.8) is 0 Å². The summed E-state index contributed by atoms with van der Waals surface area (Å²) in [4.78, 5) is 24.6. The molecule has 0 bridgehead atoms. The molecule has 2 rings (SSSR count). The Morgan fingerprint density at radius 1 is 1.09 bits per heavy atom. The van der Waals surface area contributed by atoms with Gasteiger partial charge in [0.25, 0.3) is 0 Å². The number of aromatic hydroxyl groups is 1. The number of carbonyl (C=O) groups excluding carboxylic acids is 2. The van der Waals surface area contributed by atoms with Crippen LogP contribution >= 0.6 is 0 Å². The summed E-state index contributed by atoms with van der Waals surface area (Å²) >= 11 is 0. The van der Waals surface area contributed by atoms with Crippen LogP contribution in [0, 0.1) is 0 Å². The Kier molecular flexibility index (Phi) is 4.46. The van der Waals surface area contributed by atoms with Gasteiger partial charge >= 0.3 is 0 Å². The largest absolute Gasteiger partial charge is 0.508 e. The van der Waals surface area contributed by atoms with Crippen LogP contribution in [-0.2, 0) is 19.1 Å². The van der Waals surface area contributed by atoms with Crippen LogP contribution in [0.5, 0.6) is 5.75 Å². The molecule has 0 radical (unpaired) electrons. The fourth-order valence-electron chi connectivity index (χ4n) is 2.35. The van der Waals surface area contributed by atoms with Gasteiger partial charge in [-0.1, -0.05) is 18.2 Å². The fourth-order valence-corrected chi connectivity index (χ4v) is 2.35. The van der Waals surface area contributed by atoms with Gasteiger partial charge in [0.2, 0.25) is 23.1 Å². The number of methoxy groups -OCH3 is 2. The highest BCUT2D eigenvalue weighted by Crippen LogP contribution is 2.32. The average Bonchev–Trinajstić information content (AvgIpc) is 2.52. The zero-order valence-electron chi connectivity index (χ0n) is 12.3. The number of ether oxygens (including phenoxy) is 2. The number of phenolic OH excluding ortho intramolecular Hbond substituents is 1. The minimum absolute atomic E-state index is 0.107. The molecule has 1 aliphatic carbocycles. The SMILES string of the molecule is C=C[C@H](C1=CC(=O)C(OC)=C(OC)C1=O)c1ccc(O)cc1. The molecule has 0 heterocycles. The molecule has 5 heteroatoms. The predicted octanol–water partition coefficient (Wildman–Crippen LogP) is 2.24. The molecule has 0 fully saturated rings.